The van der Waals surface area contributed by atoms with Gasteiger partial charge in [0.2, 0.25) is 0 Å². The zero-order valence-corrected chi connectivity index (χ0v) is 17.5. The van der Waals surface area contributed by atoms with Crippen LogP contribution in [-0.4, -0.2) is 28.0 Å². The smallest absolute Gasteiger partial charge is 0.0855 e. The Labute approximate surface area is 130 Å². The molecule has 0 aromatic heterocycles. The molecule has 120 valence electrons. The van der Waals surface area contributed by atoms with E-state index in [0.717, 1.165) is 28.5 Å². The van der Waals surface area contributed by atoms with Crippen LogP contribution in [0.25, 0.3) is 0 Å². The van der Waals surface area contributed by atoms with Gasteiger partial charge in [-0.2, -0.15) is 0 Å². The minimum atomic E-state index is -1.47. The molecule has 1 nitrogen and oxygen atoms in total. The lowest BCUT2D eigenvalue weighted by atomic mass is 10.5. The van der Waals surface area contributed by atoms with Crippen LogP contribution in [0.15, 0.2) is 12.3 Å². The first-order valence-electron chi connectivity index (χ1n) is 8.45. The molecule has 0 bridgehead atoms. The molecule has 0 amide bonds. The summed E-state index contributed by atoms with van der Waals surface area (Å²) in [5, 5.41) is 4.73. The van der Waals surface area contributed by atoms with E-state index in [9.17, 15) is 0 Å². The molecule has 1 N–H and O–H groups in total. The molecule has 0 saturated carbocycles. The van der Waals surface area contributed by atoms with Crippen molar-refractivity contribution in [3.05, 3.63) is 12.3 Å². The molecule has 1 atom stereocenters. The summed E-state index contributed by atoms with van der Waals surface area (Å²) in [6.07, 6.45) is 1.22. The van der Waals surface area contributed by atoms with Crippen molar-refractivity contribution in [1.82, 2.24) is 5.32 Å². The molecule has 0 rings (SSSR count). The van der Waals surface area contributed by atoms with Crippen LogP contribution < -0.4 is 5.32 Å². The molecule has 0 radical (unpaired) electrons. The molecule has 0 saturated heterocycles. The van der Waals surface area contributed by atoms with E-state index >= 15 is 0 Å². The van der Waals surface area contributed by atoms with Crippen LogP contribution in [0.4, 0.5) is 0 Å². The largest absolute Gasteiger partial charge is 0.319 e. The lowest BCUT2D eigenvalue weighted by Crippen LogP contribution is -2.70. The molecule has 0 aromatic rings. The average molecular weight is 314 g/mol. The van der Waals surface area contributed by atoms with E-state index in [1.165, 1.54) is 6.42 Å². The van der Waals surface area contributed by atoms with E-state index in [2.05, 4.69) is 79.2 Å². The van der Waals surface area contributed by atoms with Gasteiger partial charge >= 0.3 is 0 Å². The number of hydrogen-bond acceptors (Lipinski definition) is 1. The van der Waals surface area contributed by atoms with Gasteiger partial charge in [0, 0.05) is 5.29 Å². The van der Waals surface area contributed by atoms with Gasteiger partial charge < -0.3 is 5.32 Å². The Morgan fingerprint density at radius 3 is 1.60 bits per heavy atom. The molecular formula is C17H39NSi2. The van der Waals surface area contributed by atoms with Gasteiger partial charge in [0.1, 0.15) is 0 Å². The van der Waals surface area contributed by atoms with Crippen LogP contribution in [-0.2, 0) is 0 Å². The van der Waals surface area contributed by atoms with Crippen LogP contribution in [0.1, 0.15) is 54.9 Å². The van der Waals surface area contributed by atoms with Crippen molar-refractivity contribution < 1.29 is 0 Å². The molecule has 0 aromatic carbocycles. The monoisotopic (exact) mass is 313 g/mol. The Hall–Kier alpha value is 0.134. The summed E-state index contributed by atoms with van der Waals surface area (Å²) in [7, 11) is -2.92. The predicted molar refractivity (Wildman–Crippen MR) is 101 cm³/mol. The van der Waals surface area contributed by atoms with Crippen molar-refractivity contribution in [3.63, 3.8) is 0 Å². The third-order valence-corrected chi connectivity index (χ3v) is 19.0. The fourth-order valence-corrected chi connectivity index (χ4v) is 20.4. The van der Waals surface area contributed by atoms with Gasteiger partial charge in [-0.25, -0.2) is 0 Å². The van der Waals surface area contributed by atoms with Gasteiger partial charge in [0.15, 0.2) is 0 Å². The fourth-order valence-electron chi connectivity index (χ4n) is 4.49. The SMILES string of the molecule is C=C[Si](C)(C)C(NCCC)[Si](C(C)C)(C(C)C)C(C)C. The zero-order valence-electron chi connectivity index (χ0n) is 15.5. The van der Waals surface area contributed by atoms with Crippen molar-refractivity contribution >= 4 is 16.1 Å². The molecule has 3 heteroatoms. The van der Waals surface area contributed by atoms with Crippen LogP contribution in [0.3, 0.4) is 0 Å². The topological polar surface area (TPSA) is 12.0 Å². The number of rotatable bonds is 9. The molecule has 0 aliphatic rings. The normalized spacial score (nSPS) is 15.2. The number of hydrogen-bond donors (Lipinski definition) is 1. The molecule has 0 fully saturated rings. The van der Waals surface area contributed by atoms with Crippen molar-refractivity contribution in [2.45, 2.75) is 89.9 Å². The lowest BCUT2D eigenvalue weighted by molar-refractivity contribution is 0.655. The molecule has 0 aliphatic carbocycles. The second kappa shape index (κ2) is 7.95. The zero-order chi connectivity index (χ0) is 16.1. The summed E-state index contributed by atoms with van der Waals surface area (Å²) >= 11 is 0. The third kappa shape index (κ3) is 3.86. The first kappa shape index (κ1) is 20.1. The minimum absolute atomic E-state index is 0.729. The van der Waals surface area contributed by atoms with Crippen molar-refractivity contribution in [3.8, 4) is 0 Å². The van der Waals surface area contributed by atoms with Crippen molar-refractivity contribution in [2.75, 3.05) is 6.54 Å². The molecule has 0 aliphatic heterocycles. The van der Waals surface area contributed by atoms with E-state index in [4.69, 9.17) is 0 Å². The highest BCUT2D eigenvalue weighted by Crippen LogP contribution is 2.46. The summed E-state index contributed by atoms with van der Waals surface area (Å²) in [4.78, 5) is 0. The summed E-state index contributed by atoms with van der Waals surface area (Å²) in [6, 6.07) is 0. The van der Waals surface area contributed by atoms with Crippen LogP contribution in [0.5, 0.6) is 0 Å². The summed E-state index contributed by atoms with van der Waals surface area (Å²) in [5.41, 5.74) is 4.74. The second-order valence-electron chi connectivity index (χ2n) is 7.88. The maximum Gasteiger partial charge on any atom is 0.0855 e. The summed E-state index contributed by atoms with van der Waals surface area (Å²) in [5.74, 6) is 0. The van der Waals surface area contributed by atoms with Gasteiger partial charge in [0.05, 0.1) is 16.1 Å². The first-order chi connectivity index (χ1) is 9.08. The quantitative estimate of drug-likeness (QED) is 0.551. The Bertz CT molecular complexity index is 274. The lowest BCUT2D eigenvalue weighted by Gasteiger charge is -2.53. The van der Waals surface area contributed by atoms with E-state index in [-0.39, 0.29) is 0 Å². The highest BCUT2D eigenvalue weighted by Gasteiger charge is 2.53. The Balaban J connectivity index is 5.92. The van der Waals surface area contributed by atoms with Crippen LogP contribution in [0.2, 0.25) is 29.7 Å². The minimum Gasteiger partial charge on any atom is -0.319 e. The van der Waals surface area contributed by atoms with Gasteiger partial charge in [-0.05, 0) is 29.6 Å². The Kier molecular flexibility index (Phi) is 8.00. The van der Waals surface area contributed by atoms with E-state index in [1.54, 1.807) is 0 Å². The third-order valence-electron chi connectivity index (χ3n) is 5.37. The maximum atomic E-state index is 4.20. The summed E-state index contributed by atoms with van der Waals surface area (Å²) in [6.45, 7) is 27.5. The average Bonchev–Trinajstić information content (AvgIpc) is 2.32. The second-order valence-corrected chi connectivity index (χ2v) is 19.1. The molecular weight excluding hydrogens is 274 g/mol. The predicted octanol–water partition coefficient (Wildman–Crippen LogP) is 5.55. The highest BCUT2D eigenvalue weighted by atomic mass is 28.4. The highest BCUT2D eigenvalue weighted by molar-refractivity contribution is 7.02. The van der Waals surface area contributed by atoms with Crippen molar-refractivity contribution in [1.29, 1.82) is 0 Å². The van der Waals surface area contributed by atoms with Crippen molar-refractivity contribution in [2.24, 2.45) is 0 Å². The molecule has 0 spiro atoms. The Morgan fingerprint density at radius 1 is 0.950 bits per heavy atom. The fraction of sp³-hybridized carbons (Fsp3) is 0.882. The van der Waals surface area contributed by atoms with Crippen LogP contribution >= 0.6 is 0 Å². The maximum absolute atomic E-state index is 4.20. The first-order valence-corrected chi connectivity index (χ1v) is 13.9. The molecule has 1 unspecified atom stereocenters. The van der Waals surface area contributed by atoms with Gasteiger partial charge in [-0.3, -0.25) is 0 Å². The number of nitrogens with one attached hydrogen (secondary N) is 1. The van der Waals surface area contributed by atoms with E-state index in [0.29, 0.717) is 0 Å². The molecule has 0 heterocycles. The molecule has 20 heavy (non-hydrogen) atoms. The Morgan fingerprint density at radius 2 is 1.35 bits per heavy atom. The standard InChI is InChI=1S/C17H39NSi2/c1-11-13-18-17(19(9,10)12-2)20(14(3)4,15(5)6)16(7)8/h12,14-18H,2,11,13H2,1,3-10H3. The van der Waals surface area contributed by atoms with Crippen LogP contribution in [0, 0.1) is 0 Å². The summed E-state index contributed by atoms with van der Waals surface area (Å²) < 4.78 is 0. The van der Waals surface area contributed by atoms with E-state index in [1.807, 2.05) is 0 Å². The van der Waals surface area contributed by atoms with Gasteiger partial charge in [-0.15, -0.1) is 12.3 Å². The van der Waals surface area contributed by atoms with Gasteiger partial charge in [-0.1, -0.05) is 61.6 Å². The van der Waals surface area contributed by atoms with E-state index < -0.39 is 16.1 Å². The van der Waals surface area contributed by atoms with Gasteiger partial charge in [0.25, 0.3) is 0 Å².